The van der Waals surface area contributed by atoms with Crippen LogP contribution in [0.15, 0.2) is 42.5 Å². The number of benzene rings is 2. The Balaban J connectivity index is 1.95. The highest BCUT2D eigenvalue weighted by atomic mass is 19.1. The molecule has 6 heteroatoms. The summed E-state index contributed by atoms with van der Waals surface area (Å²) < 4.78 is 13.3. The molecule has 0 radical (unpaired) electrons. The third-order valence-electron chi connectivity index (χ3n) is 6.37. The Morgan fingerprint density at radius 3 is 2.40 bits per heavy atom. The van der Waals surface area contributed by atoms with Gasteiger partial charge >= 0.3 is 0 Å². The first-order valence-electron chi connectivity index (χ1n) is 10.0. The molecular weight excluding hydrogens is 381 g/mol. The summed E-state index contributed by atoms with van der Waals surface area (Å²) in [5.41, 5.74) is 2.00. The fraction of sp³-hybridized carbons (Fsp3) is 0.375. The highest BCUT2D eigenvalue weighted by Gasteiger charge is 2.52. The van der Waals surface area contributed by atoms with Gasteiger partial charge in [-0.05, 0) is 48.2 Å². The number of piperazine rings is 1. The molecule has 0 saturated carbocycles. The number of amides is 2. The van der Waals surface area contributed by atoms with E-state index < -0.39 is 11.6 Å². The molecule has 0 spiro atoms. The molecule has 0 aromatic heterocycles. The highest BCUT2D eigenvalue weighted by Crippen LogP contribution is 2.33. The number of hydrogen-bond donors (Lipinski definition) is 0. The van der Waals surface area contributed by atoms with E-state index in [1.807, 2.05) is 26.0 Å². The summed E-state index contributed by atoms with van der Waals surface area (Å²) in [5, 5.41) is 9.46. The Morgan fingerprint density at radius 1 is 1.13 bits per heavy atom. The van der Waals surface area contributed by atoms with Gasteiger partial charge in [0.2, 0.25) is 11.8 Å². The molecule has 5 nitrogen and oxygen atoms in total. The second kappa shape index (κ2) is 8.27. The minimum Gasteiger partial charge on any atom is -0.331 e. The quantitative estimate of drug-likeness (QED) is 0.764. The summed E-state index contributed by atoms with van der Waals surface area (Å²) in [7, 11) is 3.31. The second-order valence-electron chi connectivity index (χ2n) is 7.93. The fourth-order valence-corrected chi connectivity index (χ4v) is 4.36. The maximum atomic E-state index is 13.5. The number of nitriles is 1. The molecule has 0 N–H and O–H groups in total. The molecule has 1 saturated heterocycles. The van der Waals surface area contributed by atoms with E-state index in [1.54, 1.807) is 37.2 Å². The van der Waals surface area contributed by atoms with Gasteiger partial charge in [-0.2, -0.15) is 5.26 Å². The number of hydrogen-bond acceptors (Lipinski definition) is 3. The predicted octanol–water partition coefficient (Wildman–Crippen LogP) is 3.24. The van der Waals surface area contributed by atoms with Gasteiger partial charge in [-0.15, -0.1) is 0 Å². The normalized spacial score (nSPS) is 21.7. The number of nitrogens with zero attached hydrogens (tertiary/aromatic N) is 3. The first kappa shape index (κ1) is 21.5. The van der Waals surface area contributed by atoms with Gasteiger partial charge in [-0.3, -0.25) is 9.59 Å². The van der Waals surface area contributed by atoms with E-state index in [0.717, 1.165) is 16.7 Å². The van der Waals surface area contributed by atoms with Gasteiger partial charge in [-0.25, -0.2) is 4.39 Å². The molecule has 2 amide bonds. The third kappa shape index (κ3) is 3.56. The molecule has 2 aromatic rings. The van der Waals surface area contributed by atoms with Crippen molar-refractivity contribution < 1.29 is 14.0 Å². The molecular formula is C24H26FN3O2. The molecule has 1 heterocycles. The van der Waals surface area contributed by atoms with Crippen LogP contribution in [0.3, 0.4) is 0 Å². The van der Waals surface area contributed by atoms with E-state index in [2.05, 4.69) is 6.07 Å². The predicted molar refractivity (Wildman–Crippen MR) is 112 cm³/mol. The monoisotopic (exact) mass is 407 g/mol. The van der Waals surface area contributed by atoms with Crippen molar-refractivity contribution in [3.63, 3.8) is 0 Å². The van der Waals surface area contributed by atoms with E-state index >= 15 is 0 Å². The first-order valence-corrected chi connectivity index (χ1v) is 10.0. The maximum absolute atomic E-state index is 13.5. The highest BCUT2D eigenvalue weighted by molar-refractivity contribution is 6.00. The zero-order chi connectivity index (χ0) is 22.1. The maximum Gasteiger partial charge on any atom is 0.249 e. The van der Waals surface area contributed by atoms with E-state index in [0.29, 0.717) is 18.4 Å². The molecule has 156 valence electrons. The van der Waals surface area contributed by atoms with Crippen molar-refractivity contribution in [1.29, 1.82) is 5.26 Å². The third-order valence-corrected chi connectivity index (χ3v) is 6.37. The number of likely N-dealkylation sites (N-methyl/N-ethyl adjacent to an activating group) is 2. The molecule has 2 unspecified atom stereocenters. The zero-order valence-corrected chi connectivity index (χ0v) is 17.8. The summed E-state index contributed by atoms with van der Waals surface area (Å²) >= 11 is 0. The first-order chi connectivity index (χ1) is 14.2. The number of carbonyl (C=O) groups is 2. The van der Waals surface area contributed by atoms with Crippen LogP contribution in [-0.4, -0.2) is 47.3 Å². The van der Waals surface area contributed by atoms with Gasteiger partial charge in [-0.1, -0.05) is 31.2 Å². The van der Waals surface area contributed by atoms with Crippen molar-refractivity contribution >= 4 is 11.8 Å². The van der Waals surface area contributed by atoms with E-state index in [4.69, 9.17) is 0 Å². The Bertz CT molecular complexity index is 1010. The molecule has 1 fully saturated rings. The Morgan fingerprint density at radius 2 is 1.80 bits per heavy atom. The van der Waals surface area contributed by atoms with E-state index in [9.17, 15) is 19.2 Å². The van der Waals surface area contributed by atoms with Crippen molar-refractivity contribution in [3.05, 3.63) is 70.5 Å². The van der Waals surface area contributed by atoms with Gasteiger partial charge in [0.25, 0.3) is 0 Å². The standard InChI is InChI=1S/C24H26FN3O2/c1-5-24(14-17-9-11-19(25)12-10-17)23(30)27(3)21(22(29)28(24)4)13-20-16(2)7-6-8-18(20)15-26/h6-12,21H,5,13-14H2,1-4H3. The lowest BCUT2D eigenvalue weighted by atomic mass is 9.81. The zero-order valence-electron chi connectivity index (χ0n) is 17.8. The lowest BCUT2D eigenvalue weighted by Crippen LogP contribution is -2.70. The second-order valence-corrected chi connectivity index (χ2v) is 7.93. The van der Waals surface area contributed by atoms with E-state index in [1.165, 1.54) is 17.0 Å². The number of rotatable bonds is 5. The smallest absolute Gasteiger partial charge is 0.249 e. The lowest BCUT2D eigenvalue weighted by molar-refractivity contribution is -0.167. The van der Waals surface area contributed by atoms with Crippen LogP contribution in [0, 0.1) is 24.1 Å². The van der Waals surface area contributed by atoms with Gasteiger partial charge in [0.1, 0.15) is 17.4 Å². The summed E-state index contributed by atoms with van der Waals surface area (Å²) in [6, 6.07) is 13.0. The molecule has 2 atom stereocenters. The Labute approximate surface area is 176 Å². The molecule has 30 heavy (non-hydrogen) atoms. The minimum atomic E-state index is -1.02. The van der Waals surface area contributed by atoms with Crippen LogP contribution in [0.25, 0.3) is 0 Å². The number of carbonyl (C=O) groups excluding carboxylic acids is 2. The van der Waals surface area contributed by atoms with Gasteiger partial charge in [0, 0.05) is 26.9 Å². The molecule has 1 aliphatic rings. The Hall–Kier alpha value is -3.20. The Kier molecular flexibility index (Phi) is 5.93. The van der Waals surface area contributed by atoms with Crippen LogP contribution in [0.2, 0.25) is 0 Å². The SMILES string of the molecule is CCC1(Cc2ccc(F)cc2)C(=O)N(C)C(Cc2c(C)cccc2C#N)C(=O)N1C. The van der Waals surface area contributed by atoms with Gasteiger partial charge < -0.3 is 9.80 Å². The van der Waals surface area contributed by atoms with E-state index in [-0.39, 0.29) is 24.1 Å². The van der Waals surface area contributed by atoms with Crippen molar-refractivity contribution in [1.82, 2.24) is 9.80 Å². The molecule has 3 rings (SSSR count). The summed E-state index contributed by atoms with van der Waals surface area (Å²) in [6.45, 7) is 3.79. The largest absolute Gasteiger partial charge is 0.331 e. The average Bonchev–Trinajstić information content (AvgIpc) is 2.75. The number of halogens is 1. The van der Waals surface area contributed by atoms with Crippen molar-refractivity contribution in [2.45, 2.75) is 44.7 Å². The van der Waals surface area contributed by atoms with Crippen LogP contribution in [-0.2, 0) is 22.4 Å². The topological polar surface area (TPSA) is 64.4 Å². The summed E-state index contributed by atoms with van der Waals surface area (Å²) in [5.74, 6) is -0.644. The molecule has 2 aromatic carbocycles. The van der Waals surface area contributed by atoms with Crippen LogP contribution in [0.1, 0.15) is 35.6 Å². The van der Waals surface area contributed by atoms with Gasteiger partial charge in [0.15, 0.2) is 0 Å². The summed E-state index contributed by atoms with van der Waals surface area (Å²) in [6.07, 6.45) is 1.05. The van der Waals surface area contributed by atoms with Crippen LogP contribution in [0.5, 0.6) is 0 Å². The lowest BCUT2D eigenvalue weighted by Gasteiger charge is -2.50. The minimum absolute atomic E-state index is 0.145. The fourth-order valence-electron chi connectivity index (χ4n) is 4.36. The molecule has 1 aliphatic heterocycles. The van der Waals surface area contributed by atoms with Crippen molar-refractivity contribution in [3.8, 4) is 6.07 Å². The summed E-state index contributed by atoms with van der Waals surface area (Å²) in [4.78, 5) is 30.0. The molecule has 0 aliphatic carbocycles. The molecule has 0 bridgehead atoms. The van der Waals surface area contributed by atoms with Crippen LogP contribution in [0.4, 0.5) is 4.39 Å². The van der Waals surface area contributed by atoms with Crippen molar-refractivity contribution in [2.24, 2.45) is 0 Å². The number of aryl methyl sites for hydroxylation is 1. The van der Waals surface area contributed by atoms with Crippen LogP contribution < -0.4 is 0 Å². The van der Waals surface area contributed by atoms with Crippen molar-refractivity contribution in [2.75, 3.05) is 14.1 Å². The van der Waals surface area contributed by atoms with Gasteiger partial charge in [0.05, 0.1) is 11.6 Å². The average molecular weight is 407 g/mol. The van der Waals surface area contributed by atoms with Crippen LogP contribution >= 0.6 is 0 Å².